The molecule has 1 aliphatic rings. The fourth-order valence-electron chi connectivity index (χ4n) is 3.50. The number of nitrogens with zero attached hydrogens (tertiary/aromatic N) is 3. The predicted octanol–water partition coefficient (Wildman–Crippen LogP) is 1.49. The summed E-state index contributed by atoms with van der Waals surface area (Å²) in [6, 6.07) is 9.93. The summed E-state index contributed by atoms with van der Waals surface area (Å²) in [5.41, 5.74) is 1.04. The number of benzene rings is 1. The maximum Gasteiger partial charge on any atom is 0.230 e. The molecule has 1 fully saturated rings. The van der Waals surface area contributed by atoms with Crippen molar-refractivity contribution in [3.05, 3.63) is 35.9 Å². The fraction of sp³-hybridized carbons (Fsp3) is 0.650. The first kappa shape index (κ1) is 19.9. The summed E-state index contributed by atoms with van der Waals surface area (Å²) >= 11 is 0. The van der Waals surface area contributed by atoms with Crippen molar-refractivity contribution in [1.29, 1.82) is 0 Å². The molecule has 1 aromatic rings. The zero-order valence-electron chi connectivity index (χ0n) is 16.1. The number of rotatable bonds is 7. The van der Waals surface area contributed by atoms with Gasteiger partial charge in [0.15, 0.2) is 0 Å². The molecule has 0 spiro atoms. The van der Waals surface area contributed by atoms with E-state index in [4.69, 9.17) is 0 Å². The van der Waals surface area contributed by atoms with Crippen LogP contribution in [0.15, 0.2) is 30.3 Å². The van der Waals surface area contributed by atoms with Crippen molar-refractivity contribution in [1.82, 2.24) is 14.7 Å². The second-order valence-electron chi connectivity index (χ2n) is 7.61. The van der Waals surface area contributed by atoms with Crippen LogP contribution in [0.4, 0.5) is 0 Å². The van der Waals surface area contributed by atoms with E-state index < -0.39 is 6.10 Å². The van der Waals surface area contributed by atoms with Gasteiger partial charge >= 0.3 is 0 Å². The van der Waals surface area contributed by atoms with Crippen LogP contribution in [-0.2, 0) is 4.79 Å². The fourth-order valence-corrected chi connectivity index (χ4v) is 3.50. The highest BCUT2D eigenvalue weighted by atomic mass is 16.3. The lowest BCUT2D eigenvalue weighted by atomic mass is 9.87. The third kappa shape index (κ3) is 5.80. The Bertz CT molecular complexity index is 527. The van der Waals surface area contributed by atoms with E-state index in [0.29, 0.717) is 13.1 Å². The molecule has 0 saturated carbocycles. The minimum atomic E-state index is -0.513. The lowest BCUT2D eigenvalue weighted by Gasteiger charge is -2.34. The molecule has 1 amide bonds. The van der Waals surface area contributed by atoms with E-state index in [1.807, 2.05) is 30.3 Å². The van der Waals surface area contributed by atoms with Gasteiger partial charge in [-0.3, -0.25) is 9.69 Å². The second-order valence-corrected chi connectivity index (χ2v) is 7.61. The topological polar surface area (TPSA) is 47.0 Å². The quantitative estimate of drug-likeness (QED) is 0.812. The Morgan fingerprint density at radius 3 is 2.32 bits per heavy atom. The number of piperazine rings is 1. The monoisotopic (exact) mass is 347 g/mol. The molecular formula is C20H33N3O2. The van der Waals surface area contributed by atoms with Gasteiger partial charge in [0.2, 0.25) is 5.91 Å². The van der Waals surface area contributed by atoms with Gasteiger partial charge in [0.25, 0.3) is 0 Å². The number of likely N-dealkylation sites (N-methyl/N-ethyl adjacent to an activating group) is 2. The van der Waals surface area contributed by atoms with Gasteiger partial charge in [-0.2, -0.15) is 0 Å². The number of hydrogen-bond donors (Lipinski definition) is 1. The van der Waals surface area contributed by atoms with Crippen LogP contribution >= 0.6 is 0 Å². The van der Waals surface area contributed by atoms with Crippen LogP contribution < -0.4 is 0 Å². The first-order chi connectivity index (χ1) is 11.9. The summed E-state index contributed by atoms with van der Waals surface area (Å²) in [7, 11) is 3.92. The standard InChI is InChI=1S/C20H33N3O2/c1-16(2)19(17-8-6-5-7-9-17)20(25)22(4)14-18(24)15-23-12-10-21(3)11-13-23/h5-9,16,18-19,24H,10-15H2,1-4H3. The molecule has 0 bridgehead atoms. The molecule has 5 nitrogen and oxygen atoms in total. The van der Waals surface area contributed by atoms with Gasteiger partial charge in [0, 0.05) is 46.3 Å². The Balaban J connectivity index is 1.91. The summed E-state index contributed by atoms with van der Waals surface area (Å²) < 4.78 is 0. The normalized spacial score (nSPS) is 19.0. The van der Waals surface area contributed by atoms with Crippen LogP contribution in [0, 0.1) is 5.92 Å². The first-order valence-electron chi connectivity index (χ1n) is 9.27. The molecule has 5 heteroatoms. The van der Waals surface area contributed by atoms with Gasteiger partial charge in [-0.05, 0) is 18.5 Å². The smallest absolute Gasteiger partial charge is 0.230 e. The SMILES string of the molecule is CC(C)C(C(=O)N(C)CC(O)CN1CCN(C)CC1)c1ccccc1. The number of aliphatic hydroxyl groups is 1. The molecule has 2 rings (SSSR count). The van der Waals surface area contributed by atoms with Crippen molar-refractivity contribution < 1.29 is 9.90 Å². The van der Waals surface area contributed by atoms with E-state index in [1.165, 1.54) is 0 Å². The number of β-amino-alcohol motifs (C(OH)–C–C–N with tert-alkyl or cyclic N) is 1. The first-order valence-corrected chi connectivity index (χ1v) is 9.27. The van der Waals surface area contributed by atoms with E-state index in [1.54, 1.807) is 11.9 Å². The summed E-state index contributed by atoms with van der Waals surface area (Å²) in [5, 5.41) is 10.4. The molecule has 25 heavy (non-hydrogen) atoms. The molecule has 2 atom stereocenters. The van der Waals surface area contributed by atoms with Crippen LogP contribution in [0.1, 0.15) is 25.3 Å². The molecule has 1 saturated heterocycles. The van der Waals surface area contributed by atoms with Crippen molar-refractivity contribution in [3.63, 3.8) is 0 Å². The molecule has 1 aromatic carbocycles. The Labute approximate surface area is 152 Å². The largest absolute Gasteiger partial charge is 0.390 e. The van der Waals surface area contributed by atoms with Gasteiger partial charge in [-0.15, -0.1) is 0 Å². The van der Waals surface area contributed by atoms with Crippen molar-refractivity contribution in [2.75, 3.05) is 53.4 Å². The summed E-state index contributed by atoms with van der Waals surface area (Å²) in [6.45, 7) is 9.17. The Hall–Kier alpha value is -1.43. The number of hydrogen-bond acceptors (Lipinski definition) is 4. The highest BCUT2D eigenvalue weighted by Gasteiger charge is 2.28. The van der Waals surface area contributed by atoms with E-state index in [9.17, 15) is 9.90 Å². The van der Waals surface area contributed by atoms with Gasteiger partial charge < -0.3 is 14.9 Å². The second kappa shape index (κ2) is 9.32. The maximum atomic E-state index is 13.0. The molecule has 1 aliphatic heterocycles. The van der Waals surface area contributed by atoms with Crippen molar-refractivity contribution in [2.45, 2.75) is 25.9 Å². The van der Waals surface area contributed by atoms with Crippen molar-refractivity contribution in [3.8, 4) is 0 Å². The van der Waals surface area contributed by atoms with E-state index in [2.05, 4.69) is 30.7 Å². The molecular weight excluding hydrogens is 314 g/mol. The van der Waals surface area contributed by atoms with Crippen LogP contribution in [-0.4, -0.2) is 85.2 Å². The molecule has 0 aliphatic carbocycles. The third-order valence-corrected chi connectivity index (χ3v) is 5.02. The van der Waals surface area contributed by atoms with Gasteiger partial charge in [0.1, 0.15) is 0 Å². The van der Waals surface area contributed by atoms with Crippen LogP contribution in [0.5, 0.6) is 0 Å². The van der Waals surface area contributed by atoms with E-state index in [0.717, 1.165) is 31.7 Å². The molecule has 0 aromatic heterocycles. The van der Waals surface area contributed by atoms with Crippen LogP contribution in [0.2, 0.25) is 0 Å². The average Bonchev–Trinajstić information content (AvgIpc) is 2.57. The lowest BCUT2D eigenvalue weighted by Crippen LogP contribution is -2.49. The van der Waals surface area contributed by atoms with Gasteiger partial charge in [0.05, 0.1) is 12.0 Å². The lowest BCUT2D eigenvalue weighted by molar-refractivity contribution is -0.134. The number of carbonyl (C=O) groups is 1. The molecule has 1 N–H and O–H groups in total. The van der Waals surface area contributed by atoms with E-state index in [-0.39, 0.29) is 17.7 Å². The Morgan fingerprint density at radius 1 is 1.16 bits per heavy atom. The summed E-state index contributed by atoms with van der Waals surface area (Å²) in [5.74, 6) is 0.132. The molecule has 140 valence electrons. The van der Waals surface area contributed by atoms with Gasteiger partial charge in [-0.25, -0.2) is 0 Å². The third-order valence-electron chi connectivity index (χ3n) is 5.02. The Morgan fingerprint density at radius 2 is 1.76 bits per heavy atom. The van der Waals surface area contributed by atoms with E-state index >= 15 is 0 Å². The average molecular weight is 348 g/mol. The minimum absolute atomic E-state index is 0.0821. The zero-order valence-corrected chi connectivity index (χ0v) is 16.1. The number of amides is 1. The van der Waals surface area contributed by atoms with Crippen LogP contribution in [0.25, 0.3) is 0 Å². The summed E-state index contributed by atoms with van der Waals surface area (Å²) in [4.78, 5) is 19.2. The summed E-state index contributed by atoms with van der Waals surface area (Å²) in [6.07, 6.45) is -0.513. The molecule has 0 radical (unpaired) electrons. The molecule has 1 heterocycles. The van der Waals surface area contributed by atoms with Crippen molar-refractivity contribution >= 4 is 5.91 Å². The van der Waals surface area contributed by atoms with Gasteiger partial charge in [-0.1, -0.05) is 44.2 Å². The maximum absolute atomic E-state index is 13.0. The van der Waals surface area contributed by atoms with Crippen LogP contribution in [0.3, 0.4) is 0 Å². The number of carbonyl (C=O) groups excluding carboxylic acids is 1. The highest BCUT2D eigenvalue weighted by Crippen LogP contribution is 2.26. The predicted molar refractivity (Wildman–Crippen MR) is 102 cm³/mol. The molecule has 2 unspecified atom stereocenters. The highest BCUT2D eigenvalue weighted by molar-refractivity contribution is 5.83. The Kier molecular flexibility index (Phi) is 7.41. The zero-order chi connectivity index (χ0) is 18.4. The van der Waals surface area contributed by atoms with Crippen molar-refractivity contribution in [2.24, 2.45) is 5.92 Å². The minimum Gasteiger partial charge on any atom is -0.390 e. The number of aliphatic hydroxyl groups excluding tert-OH is 1.